The van der Waals surface area contributed by atoms with Gasteiger partial charge in [-0.15, -0.1) is 0 Å². The average Bonchev–Trinajstić information content (AvgIpc) is 2.84. The Hall–Kier alpha value is -1.71. The molecular formula is C17H19FN2. The van der Waals surface area contributed by atoms with Gasteiger partial charge in [-0.1, -0.05) is 36.4 Å². The van der Waals surface area contributed by atoms with E-state index in [1.165, 1.54) is 23.3 Å². The Labute approximate surface area is 119 Å². The molecular weight excluding hydrogens is 251 g/mol. The van der Waals surface area contributed by atoms with Crippen LogP contribution in [0.5, 0.6) is 0 Å². The highest BCUT2D eigenvalue weighted by Gasteiger charge is 2.27. The number of benzene rings is 2. The lowest BCUT2D eigenvalue weighted by Gasteiger charge is -2.23. The number of fused-ring (bicyclic) bond motifs is 1. The van der Waals surface area contributed by atoms with Crippen molar-refractivity contribution in [2.45, 2.75) is 19.0 Å². The number of halogens is 1. The lowest BCUT2D eigenvalue weighted by molar-refractivity contribution is 0.223. The van der Waals surface area contributed by atoms with Gasteiger partial charge < -0.3 is 5.73 Å². The first-order valence-electron chi connectivity index (χ1n) is 7.04. The zero-order valence-electron chi connectivity index (χ0n) is 11.4. The Morgan fingerprint density at radius 1 is 1.10 bits per heavy atom. The van der Waals surface area contributed by atoms with Crippen molar-refractivity contribution in [2.75, 3.05) is 13.1 Å². The van der Waals surface area contributed by atoms with Crippen LogP contribution in [0, 0.1) is 5.82 Å². The van der Waals surface area contributed by atoms with Gasteiger partial charge in [0.1, 0.15) is 5.82 Å². The van der Waals surface area contributed by atoms with Crippen LogP contribution < -0.4 is 5.73 Å². The Morgan fingerprint density at radius 3 is 2.60 bits per heavy atom. The van der Waals surface area contributed by atoms with E-state index in [1.807, 2.05) is 12.1 Å². The van der Waals surface area contributed by atoms with E-state index in [0.717, 1.165) is 25.1 Å². The Bertz CT molecular complexity index is 580. The summed E-state index contributed by atoms with van der Waals surface area (Å²) in [5, 5.41) is 0. The van der Waals surface area contributed by atoms with Crippen LogP contribution in [0.15, 0.2) is 48.5 Å². The molecule has 20 heavy (non-hydrogen) atoms. The normalized spacial score (nSPS) is 18.2. The van der Waals surface area contributed by atoms with Gasteiger partial charge in [0.15, 0.2) is 0 Å². The molecule has 0 aliphatic carbocycles. The van der Waals surface area contributed by atoms with Crippen LogP contribution in [0.4, 0.5) is 4.39 Å². The zero-order valence-corrected chi connectivity index (χ0v) is 11.4. The lowest BCUT2D eigenvalue weighted by atomic mass is 10.1. The maximum atomic E-state index is 12.9. The van der Waals surface area contributed by atoms with Crippen molar-refractivity contribution in [3.05, 3.63) is 71.0 Å². The summed E-state index contributed by atoms with van der Waals surface area (Å²) in [6.07, 6.45) is 0.921. The van der Waals surface area contributed by atoms with Gasteiger partial charge in [0.05, 0.1) is 0 Å². The SMILES string of the molecule is NCC1c2ccccc2CN1CCc1ccc(F)cc1. The van der Waals surface area contributed by atoms with Crippen LogP contribution in [-0.4, -0.2) is 18.0 Å². The highest BCUT2D eigenvalue weighted by molar-refractivity contribution is 5.34. The third-order valence-corrected chi connectivity index (χ3v) is 4.05. The van der Waals surface area contributed by atoms with Gasteiger partial charge in [0, 0.05) is 25.7 Å². The molecule has 2 N–H and O–H groups in total. The van der Waals surface area contributed by atoms with Crippen molar-refractivity contribution in [2.24, 2.45) is 5.73 Å². The summed E-state index contributed by atoms with van der Waals surface area (Å²) in [5.41, 5.74) is 9.83. The van der Waals surface area contributed by atoms with Crippen molar-refractivity contribution in [3.63, 3.8) is 0 Å². The summed E-state index contributed by atoms with van der Waals surface area (Å²) in [4.78, 5) is 2.41. The van der Waals surface area contributed by atoms with E-state index in [-0.39, 0.29) is 5.82 Å². The summed E-state index contributed by atoms with van der Waals surface area (Å²) in [6, 6.07) is 15.6. The van der Waals surface area contributed by atoms with E-state index in [4.69, 9.17) is 5.73 Å². The Balaban J connectivity index is 1.68. The summed E-state index contributed by atoms with van der Waals surface area (Å²) in [5.74, 6) is -0.179. The van der Waals surface area contributed by atoms with Crippen LogP contribution >= 0.6 is 0 Å². The predicted molar refractivity (Wildman–Crippen MR) is 78.8 cm³/mol. The quantitative estimate of drug-likeness (QED) is 0.925. The van der Waals surface area contributed by atoms with Crippen molar-refractivity contribution < 1.29 is 4.39 Å². The second-order valence-electron chi connectivity index (χ2n) is 5.30. The third kappa shape index (κ3) is 2.60. The molecule has 3 heteroatoms. The van der Waals surface area contributed by atoms with Crippen LogP contribution in [0.25, 0.3) is 0 Å². The predicted octanol–water partition coefficient (Wildman–Crippen LogP) is 2.88. The van der Waals surface area contributed by atoms with Crippen molar-refractivity contribution in [3.8, 4) is 0 Å². The molecule has 0 bridgehead atoms. The van der Waals surface area contributed by atoms with Gasteiger partial charge >= 0.3 is 0 Å². The number of hydrogen-bond donors (Lipinski definition) is 1. The highest BCUT2D eigenvalue weighted by atomic mass is 19.1. The molecule has 2 aromatic carbocycles. The van der Waals surface area contributed by atoms with Gasteiger partial charge in [-0.3, -0.25) is 4.90 Å². The Morgan fingerprint density at radius 2 is 1.85 bits per heavy atom. The molecule has 0 spiro atoms. The van der Waals surface area contributed by atoms with Gasteiger partial charge in [0.25, 0.3) is 0 Å². The molecule has 0 aromatic heterocycles. The molecule has 1 aliphatic heterocycles. The summed E-state index contributed by atoms with van der Waals surface area (Å²) in [6.45, 7) is 2.54. The summed E-state index contributed by atoms with van der Waals surface area (Å²) >= 11 is 0. The standard InChI is InChI=1S/C17H19FN2/c18-15-7-5-13(6-8-15)9-10-20-12-14-3-1-2-4-16(14)17(20)11-19/h1-8,17H,9-12,19H2. The van der Waals surface area contributed by atoms with E-state index in [9.17, 15) is 4.39 Å². The van der Waals surface area contributed by atoms with E-state index < -0.39 is 0 Å². The lowest BCUT2D eigenvalue weighted by Crippen LogP contribution is -2.29. The first-order valence-corrected chi connectivity index (χ1v) is 7.04. The van der Waals surface area contributed by atoms with E-state index in [1.54, 1.807) is 0 Å². The zero-order chi connectivity index (χ0) is 13.9. The molecule has 1 atom stereocenters. The second kappa shape index (κ2) is 5.73. The fraction of sp³-hybridized carbons (Fsp3) is 0.294. The van der Waals surface area contributed by atoms with Crippen LogP contribution in [-0.2, 0) is 13.0 Å². The van der Waals surface area contributed by atoms with E-state index in [0.29, 0.717) is 12.6 Å². The molecule has 3 rings (SSSR count). The van der Waals surface area contributed by atoms with Gasteiger partial charge in [-0.2, -0.15) is 0 Å². The Kier molecular flexibility index (Phi) is 3.81. The minimum absolute atomic E-state index is 0.179. The molecule has 104 valence electrons. The van der Waals surface area contributed by atoms with Crippen LogP contribution in [0.3, 0.4) is 0 Å². The summed E-state index contributed by atoms with van der Waals surface area (Å²) in [7, 11) is 0. The van der Waals surface area contributed by atoms with E-state index >= 15 is 0 Å². The van der Waals surface area contributed by atoms with Crippen molar-refractivity contribution in [1.29, 1.82) is 0 Å². The fourth-order valence-electron chi connectivity index (χ4n) is 2.96. The first-order chi connectivity index (χ1) is 9.78. The maximum Gasteiger partial charge on any atom is 0.123 e. The fourth-order valence-corrected chi connectivity index (χ4v) is 2.96. The molecule has 1 unspecified atom stereocenters. The van der Waals surface area contributed by atoms with Crippen molar-refractivity contribution in [1.82, 2.24) is 4.90 Å². The minimum Gasteiger partial charge on any atom is -0.329 e. The average molecular weight is 270 g/mol. The van der Waals surface area contributed by atoms with Crippen molar-refractivity contribution >= 4 is 0 Å². The molecule has 1 aliphatic rings. The van der Waals surface area contributed by atoms with Crippen LogP contribution in [0.2, 0.25) is 0 Å². The maximum absolute atomic E-state index is 12.9. The number of nitrogens with two attached hydrogens (primary N) is 1. The smallest absolute Gasteiger partial charge is 0.123 e. The molecule has 0 radical (unpaired) electrons. The number of hydrogen-bond acceptors (Lipinski definition) is 2. The molecule has 2 aromatic rings. The molecule has 0 fully saturated rings. The topological polar surface area (TPSA) is 29.3 Å². The first kappa shape index (κ1) is 13.3. The molecule has 0 amide bonds. The van der Waals surface area contributed by atoms with Gasteiger partial charge in [-0.25, -0.2) is 4.39 Å². The largest absolute Gasteiger partial charge is 0.329 e. The number of nitrogens with zero attached hydrogens (tertiary/aromatic N) is 1. The van der Waals surface area contributed by atoms with Gasteiger partial charge in [-0.05, 0) is 35.2 Å². The van der Waals surface area contributed by atoms with Gasteiger partial charge in [0.2, 0.25) is 0 Å². The molecule has 1 heterocycles. The third-order valence-electron chi connectivity index (χ3n) is 4.05. The highest BCUT2D eigenvalue weighted by Crippen LogP contribution is 2.32. The van der Waals surface area contributed by atoms with Crippen LogP contribution in [0.1, 0.15) is 22.7 Å². The van der Waals surface area contributed by atoms with E-state index in [2.05, 4.69) is 29.2 Å². The monoisotopic (exact) mass is 270 g/mol. The molecule has 0 saturated carbocycles. The summed E-state index contributed by atoms with van der Waals surface area (Å²) < 4.78 is 12.9. The number of rotatable bonds is 4. The minimum atomic E-state index is -0.179. The molecule has 2 nitrogen and oxygen atoms in total. The molecule has 0 saturated heterocycles. The second-order valence-corrected chi connectivity index (χ2v) is 5.30.